The maximum atomic E-state index is 9.30. The molecule has 3 rings (SSSR count). The first-order chi connectivity index (χ1) is 10.2. The number of rotatable bonds is 3. The maximum absolute atomic E-state index is 9.30. The summed E-state index contributed by atoms with van der Waals surface area (Å²) in [5, 5.41) is 13.2. The summed E-state index contributed by atoms with van der Waals surface area (Å²) in [6, 6.07) is 9.53. The van der Waals surface area contributed by atoms with E-state index < -0.39 is 0 Å². The molecule has 0 aliphatic rings. The summed E-state index contributed by atoms with van der Waals surface area (Å²) in [5.74, 6) is 0. The lowest BCUT2D eigenvalue weighted by atomic mass is 10.2. The molecule has 3 aromatic rings. The lowest BCUT2D eigenvalue weighted by Crippen LogP contribution is -1.95. The molecule has 1 aromatic carbocycles. The van der Waals surface area contributed by atoms with Gasteiger partial charge >= 0.3 is 0 Å². The molecule has 0 bridgehead atoms. The van der Waals surface area contributed by atoms with Crippen LogP contribution in [0.4, 0.5) is 11.4 Å². The van der Waals surface area contributed by atoms with Gasteiger partial charge in [0.2, 0.25) is 0 Å². The topological polar surface area (TPSA) is 61.6 Å². The van der Waals surface area contributed by atoms with E-state index in [4.69, 9.17) is 11.6 Å². The van der Waals surface area contributed by atoms with E-state index in [9.17, 15) is 5.26 Å². The van der Waals surface area contributed by atoms with E-state index >= 15 is 0 Å². The van der Waals surface area contributed by atoms with Crippen molar-refractivity contribution in [2.75, 3.05) is 11.6 Å². The van der Waals surface area contributed by atoms with Crippen LogP contribution in [0.5, 0.6) is 0 Å². The fourth-order valence-corrected chi connectivity index (χ4v) is 3.57. The van der Waals surface area contributed by atoms with Gasteiger partial charge in [0.15, 0.2) is 9.99 Å². The Bertz CT molecular complexity index is 854. The number of pyridine rings is 1. The highest BCUT2D eigenvalue weighted by Crippen LogP contribution is 2.36. The molecule has 4 nitrogen and oxygen atoms in total. The van der Waals surface area contributed by atoms with Crippen LogP contribution in [-0.2, 0) is 0 Å². The SMILES string of the molecule is CSc1nc2ncc(C#N)c(Nc3cccc(Cl)c3)c2s1. The monoisotopic (exact) mass is 332 g/mol. The van der Waals surface area contributed by atoms with Crippen LogP contribution >= 0.6 is 34.7 Å². The predicted molar refractivity (Wildman–Crippen MR) is 88.6 cm³/mol. The third-order valence-corrected chi connectivity index (χ3v) is 5.07. The van der Waals surface area contributed by atoms with E-state index in [1.54, 1.807) is 24.0 Å². The summed E-state index contributed by atoms with van der Waals surface area (Å²) < 4.78 is 1.79. The van der Waals surface area contributed by atoms with Crippen LogP contribution in [0.2, 0.25) is 5.02 Å². The average molecular weight is 333 g/mol. The Morgan fingerprint density at radius 1 is 1.43 bits per heavy atom. The van der Waals surface area contributed by atoms with Gasteiger partial charge in [0.1, 0.15) is 6.07 Å². The second-order valence-electron chi connectivity index (χ2n) is 4.13. The summed E-state index contributed by atoms with van der Waals surface area (Å²) in [5.41, 5.74) is 2.68. The van der Waals surface area contributed by atoms with E-state index in [1.165, 1.54) is 11.3 Å². The normalized spacial score (nSPS) is 10.5. The number of fused-ring (bicyclic) bond motifs is 1. The zero-order chi connectivity index (χ0) is 14.8. The van der Waals surface area contributed by atoms with Crippen LogP contribution in [0.25, 0.3) is 10.3 Å². The number of halogens is 1. The first kappa shape index (κ1) is 14.1. The summed E-state index contributed by atoms with van der Waals surface area (Å²) in [7, 11) is 0. The average Bonchev–Trinajstić information content (AvgIpc) is 2.91. The molecule has 2 aromatic heterocycles. The predicted octanol–water partition coefficient (Wildman–Crippen LogP) is 4.68. The molecule has 0 unspecified atom stereocenters. The van der Waals surface area contributed by atoms with Crippen molar-refractivity contribution in [1.29, 1.82) is 5.26 Å². The maximum Gasteiger partial charge on any atom is 0.173 e. The van der Waals surface area contributed by atoms with Crippen LogP contribution in [-0.4, -0.2) is 16.2 Å². The Kier molecular flexibility index (Phi) is 3.97. The summed E-state index contributed by atoms with van der Waals surface area (Å²) in [6.45, 7) is 0. The van der Waals surface area contributed by atoms with Crippen molar-refractivity contribution < 1.29 is 0 Å². The van der Waals surface area contributed by atoms with E-state index in [1.807, 2.05) is 24.5 Å². The number of hydrogen-bond acceptors (Lipinski definition) is 6. The molecule has 2 heterocycles. The van der Waals surface area contributed by atoms with Crippen molar-refractivity contribution in [2.45, 2.75) is 4.34 Å². The number of nitrogens with one attached hydrogen (secondary N) is 1. The number of benzene rings is 1. The Labute approximate surface area is 134 Å². The molecule has 0 fully saturated rings. The van der Waals surface area contributed by atoms with Crippen molar-refractivity contribution in [1.82, 2.24) is 9.97 Å². The van der Waals surface area contributed by atoms with Crippen LogP contribution in [0.1, 0.15) is 5.56 Å². The Balaban J connectivity index is 2.15. The van der Waals surface area contributed by atoms with Crippen LogP contribution in [0, 0.1) is 11.3 Å². The number of nitriles is 1. The van der Waals surface area contributed by atoms with Gasteiger partial charge in [-0.2, -0.15) is 5.26 Å². The number of anilines is 2. The van der Waals surface area contributed by atoms with Crippen LogP contribution in [0.3, 0.4) is 0 Å². The molecule has 0 radical (unpaired) electrons. The van der Waals surface area contributed by atoms with Crippen molar-refractivity contribution in [3.05, 3.63) is 41.0 Å². The second-order valence-corrected chi connectivity index (χ2v) is 6.62. The highest BCUT2D eigenvalue weighted by atomic mass is 35.5. The van der Waals surface area contributed by atoms with E-state index in [0.717, 1.165) is 20.4 Å². The molecular formula is C14H9ClN4S2. The summed E-state index contributed by atoms with van der Waals surface area (Å²) in [6.07, 6.45) is 3.51. The van der Waals surface area contributed by atoms with Gasteiger partial charge < -0.3 is 5.32 Å². The van der Waals surface area contributed by atoms with Gasteiger partial charge in [-0.3, -0.25) is 0 Å². The number of nitrogens with zero attached hydrogens (tertiary/aromatic N) is 3. The standard InChI is InChI=1S/C14H9ClN4S2/c1-20-14-19-13-12(21-14)11(8(6-16)7-17-13)18-10-4-2-3-9(15)5-10/h2-5,7H,1H3,(H,17,18). The Hall–Kier alpha value is -1.81. The Morgan fingerprint density at radius 3 is 3.00 bits per heavy atom. The molecule has 104 valence electrons. The quantitative estimate of drug-likeness (QED) is 0.705. The van der Waals surface area contributed by atoms with Gasteiger partial charge in [-0.1, -0.05) is 29.4 Å². The van der Waals surface area contributed by atoms with Crippen molar-refractivity contribution in [3.63, 3.8) is 0 Å². The molecule has 0 aliphatic carbocycles. The van der Waals surface area contributed by atoms with Crippen LogP contribution < -0.4 is 5.32 Å². The van der Waals surface area contributed by atoms with Crippen molar-refractivity contribution in [3.8, 4) is 6.07 Å². The van der Waals surface area contributed by atoms with Gasteiger partial charge in [0.25, 0.3) is 0 Å². The highest BCUT2D eigenvalue weighted by molar-refractivity contribution is 8.00. The highest BCUT2D eigenvalue weighted by Gasteiger charge is 2.14. The summed E-state index contributed by atoms with van der Waals surface area (Å²) in [4.78, 5) is 8.66. The largest absolute Gasteiger partial charge is 0.353 e. The lowest BCUT2D eigenvalue weighted by Gasteiger charge is -2.08. The number of hydrogen-bond donors (Lipinski definition) is 1. The minimum Gasteiger partial charge on any atom is -0.353 e. The first-order valence-corrected chi connectivity index (χ1v) is 8.39. The number of thiazole rings is 1. The second kappa shape index (κ2) is 5.90. The number of aromatic nitrogens is 2. The molecule has 0 amide bonds. The minimum absolute atomic E-state index is 0.485. The van der Waals surface area contributed by atoms with E-state index in [2.05, 4.69) is 21.4 Å². The van der Waals surface area contributed by atoms with Crippen molar-refractivity contribution in [2.24, 2.45) is 0 Å². The van der Waals surface area contributed by atoms with Gasteiger partial charge in [0.05, 0.1) is 16.0 Å². The van der Waals surface area contributed by atoms with Gasteiger partial charge in [-0.15, -0.1) is 11.3 Å². The zero-order valence-electron chi connectivity index (χ0n) is 10.9. The van der Waals surface area contributed by atoms with E-state index in [-0.39, 0.29) is 0 Å². The zero-order valence-corrected chi connectivity index (χ0v) is 13.3. The molecule has 7 heteroatoms. The summed E-state index contributed by atoms with van der Waals surface area (Å²) >= 11 is 9.08. The number of thioether (sulfide) groups is 1. The molecule has 1 N–H and O–H groups in total. The smallest absolute Gasteiger partial charge is 0.173 e. The molecule has 0 aliphatic heterocycles. The van der Waals surface area contributed by atoms with Gasteiger partial charge in [0, 0.05) is 16.9 Å². The fraction of sp³-hybridized carbons (Fsp3) is 0.0714. The first-order valence-electron chi connectivity index (χ1n) is 5.97. The third kappa shape index (κ3) is 2.81. The molecule has 0 saturated carbocycles. The van der Waals surface area contributed by atoms with Crippen LogP contribution in [0.15, 0.2) is 34.8 Å². The van der Waals surface area contributed by atoms with Crippen molar-refractivity contribution >= 4 is 56.4 Å². The molecule has 0 saturated heterocycles. The van der Waals surface area contributed by atoms with E-state index in [0.29, 0.717) is 16.2 Å². The molecule has 21 heavy (non-hydrogen) atoms. The van der Waals surface area contributed by atoms with Gasteiger partial charge in [-0.05, 0) is 24.5 Å². The molecular weight excluding hydrogens is 324 g/mol. The minimum atomic E-state index is 0.485. The third-order valence-electron chi connectivity index (χ3n) is 2.79. The van der Waals surface area contributed by atoms with Gasteiger partial charge in [-0.25, -0.2) is 9.97 Å². The molecule has 0 spiro atoms. The fourth-order valence-electron chi connectivity index (χ4n) is 1.86. The molecule has 0 atom stereocenters. The Morgan fingerprint density at radius 2 is 2.29 bits per heavy atom. The lowest BCUT2D eigenvalue weighted by molar-refractivity contribution is 1.23.